The number of benzene rings is 2. The van der Waals surface area contributed by atoms with Crippen molar-refractivity contribution in [3.8, 4) is 5.75 Å². The maximum absolute atomic E-state index is 11.2. The maximum atomic E-state index is 11.2. The zero-order chi connectivity index (χ0) is 25.9. The summed E-state index contributed by atoms with van der Waals surface area (Å²) in [6.45, 7) is 6.97. The maximum Gasteiger partial charge on any atom is 0.333 e. The highest BCUT2D eigenvalue weighted by Gasteiger charge is 2.02. The number of hydrogen-bond donors (Lipinski definition) is 2. The van der Waals surface area contributed by atoms with E-state index in [0.29, 0.717) is 31.1 Å². The summed E-state index contributed by atoms with van der Waals surface area (Å²) in [5.74, 6) is 0.503. The second kappa shape index (κ2) is 17.8. The molecule has 0 amide bonds. The monoisotopic (exact) mass is 482 g/mol. The van der Waals surface area contributed by atoms with Gasteiger partial charge in [0, 0.05) is 24.1 Å². The number of aldehydes is 1. The summed E-state index contributed by atoms with van der Waals surface area (Å²) in [5, 5.41) is 0. The number of carbonyl (C=O) groups excluding carboxylic acids is 2. The Labute approximate surface area is 208 Å². The third-order valence-corrected chi connectivity index (χ3v) is 4.88. The Morgan fingerprint density at radius 1 is 0.971 bits per heavy atom. The molecule has 0 atom stereocenters. The van der Waals surface area contributed by atoms with Crippen molar-refractivity contribution in [1.29, 1.82) is 0 Å². The van der Waals surface area contributed by atoms with E-state index in [9.17, 15) is 9.59 Å². The van der Waals surface area contributed by atoms with Gasteiger partial charge in [0.25, 0.3) is 0 Å². The molecule has 0 aliphatic carbocycles. The molecule has 0 aliphatic heterocycles. The fraction of sp³-hybridized carbons (Fsp3) is 0.357. The molecule has 0 aliphatic rings. The molecule has 0 fully saturated rings. The number of nitrogens with two attached hydrogens (primary N) is 2. The average molecular weight is 483 g/mol. The molecule has 2 aromatic carbocycles. The van der Waals surface area contributed by atoms with E-state index in [0.717, 1.165) is 61.0 Å². The molecule has 2 aromatic rings. The number of hydrogen-bond acceptors (Lipinski definition) is 7. The molecule has 7 nitrogen and oxygen atoms in total. The molecular formula is C28H38N2O5. The van der Waals surface area contributed by atoms with Crippen molar-refractivity contribution < 1.29 is 23.8 Å². The first-order chi connectivity index (χ1) is 16.9. The Morgan fingerprint density at radius 2 is 1.66 bits per heavy atom. The number of esters is 1. The molecule has 0 heterocycles. The Kier molecular flexibility index (Phi) is 15.0. The van der Waals surface area contributed by atoms with Crippen LogP contribution in [0, 0.1) is 0 Å². The Bertz CT molecular complexity index is 939. The van der Waals surface area contributed by atoms with E-state index in [4.69, 9.17) is 25.7 Å². The average Bonchev–Trinajstić information content (AvgIpc) is 2.84. The van der Waals surface area contributed by atoms with Crippen LogP contribution in [0.15, 0.2) is 60.7 Å². The lowest BCUT2D eigenvalue weighted by molar-refractivity contribution is -0.139. The van der Waals surface area contributed by atoms with Gasteiger partial charge in [0.2, 0.25) is 0 Å². The van der Waals surface area contributed by atoms with Crippen LogP contribution in [0.2, 0.25) is 0 Å². The fourth-order valence-electron chi connectivity index (χ4n) is 2.91. The van der Waals surface area contributed by atoms with Gasteiger partial charge >= 0.3 is 5.97 Å². The minimum absolute atomic E-state index is 0.320. The number of allylic oxidation sites excluding steroid dienone is 1. The topological polar surface area (TPSA) is 114 Å². The number of anilines is 2. The van der Waals surface area contributed by atoms with Gasteiger partial charge in [-0.25, -0.2) is 4.79 Å². The molecular weight excluding hydrogens is 444 g/mol. The number of methoxy groups -OCH3 is 1. The van der Waals surface area contributed by atoms with Crippen molar-refractivity contribution in [3.05, 3.63) is 71.8 Å². The number of nitrogen functional groups attached to an aromatic ring is 2. The molecule has 0 unspecified atom stereocenters. The third-order valence-electron chi connectivity index (χ3n) is 4.88. The molecule has 4 N–H and O–H groups in total. The van der Waals surface area contributed by atoms with Crippen molar-refractivity contribution in [2.45, 2.75) is 39.0 Å². The van der Waals surface area contributed by atoms with Crippen LogP contribution in [0.3, 0.4) is 0 Å². The van der Waals surface area contributed by atoms with Crippen LogP contribution in [0.4, 0.5) is 11.4 Å². The van der Waals surface area contributed by atoms with Gasteiger partial charge in [0.15, 0.2) is 0 Å². The first-order valence-electron chi connectivity index (χ1n) is 11.7. The van der Waals surface area contributed by atoms with Crippen LogP contribution in [-0.2, 0) is 25.5 Å². The first-order valence-corrected chi connectivity index (χ1v) is 11.7. The van der Waals surface area contributed by atoms with Crippen LogP contribution in [0.5, 0.6) is 5.75 Å². The van der Waals surface area contributed by atoms with E-state index in [1.165, 1.54) is 6.08 Å². The molecule has 0 bridgehead atoms. The second-order valence-corrected chi connectivity index (χ2v) is 7.94. The van der Waals surface area contributed by atoms with E-state index in [1.807, 2.05) is 36.4 Å². The van der Waals surface area contributed by atoms with Gasteiger partial charge in [-0.05, 0) is 80.5 Å². The molecule has 190 valence electrons. The van der Waals surface area contributed by atoms with Crippen molar-refractivity contribution in [3.63, 3.8) is 0 Å². The van der Waals surface area contributed by atoms with Crippen molar-refractivity contribution in [1.82, 2.24) is 0 Å². The van der Waals surface area contributed by atoms with Crippen LogP contribution in [0.25, 0.3) is 6.08 Å². The highest BCUT2D eigenvalue weighted by atomic mass is 16.5. The van der Waals surface area contributed by atoms with Crippen molar-refractivity contribution in [2.24, 2.45) is 0 Å². The summed E-state index contributed by atoms with van der Waals surface area (Å²) in [4.78, 5) is 21.4. The number of unbranched alkanes of at least 4 members (excludes halogenated alkanes) is 3. The predicted molar refractivity (Wildman–Crippen MR) is 142 cm³/mol. The highest BCUT2D eigenvalue weighted by molar-refractivity contribution is 5.86. The van der Waals surface area contributed by atoms with E-state index in [-0.39, 0.29) is 5.97 Å². The zero-order valence-corrected chi connectivity index (χ0v) is 20.8. The van der Waals surface area contributed by atoms with Crippen molar-refractivity contribution >= 4 is 29.7 Å². The predicted octanol–water partition coefficient (Wildman–Crippen LogP) is 5.00. The quantitative estimate of drug-likeness (QED) is 0.128. The van der Waals surface area contributed by atoms with E-state index < -0.39 is 0 Å². The molecule has 7 heteroatoms. The van der Waals surface area contributed by atoms with Gasteiger partial charge in [-0.1, -0.05) is 30.9 Å². The normalized spacial score (nSPS) is 10.3. The minimum Gasteiger partial charge on any atom is -0.494 e. The number of carbonyl (C=O) groups is 2. The number of rotatable bonds is 14. The Balaban J connectivity index is 0.000000427. The fourth-order valence-corrected chi connectivity index (χ4v) is 2.91. The van der Waals surface area contributed by atoms with E-state index in [1.54, 1.807) is 26.2 Å². The lowest BCUT2D eigenvalue weighted by Crippen LogP contribution is -2.06. The van der Waals surface area contributed by atoms with Gasteiger partial charge in [-0.2, -0.15) is 0 Å². The van der Waals surface area contributed by atoms with E-state index in [2.05, 4.69) is 6.58 Å². The smallest absolute Gasteiger partial charge is 0.333 e. The van der Waals surface area contributed by atoms with Crippen LogP contribution < -0.4 is 16.2 Å². The van der Waals surface area contributed by atoms with Gasteiger partial charge in [0.1, 0.15) is 12.0 Å². The standard InChI is InChI=1S/C19H24O4.C9H14N2O/c1-16(2)19(21)23-15-6-4-3-5-14-22-18-11-9-17(10-12-18)8-7-13-20;1-12-5-4-7-2-3-8(10)6-9(7)11/h7-13H,1,3-6,14-15H2,2H3;2-3,6H,4-5,10-11H2,1H3/b8-7+;. The summed E-state index contributed by atoms with van der Waals surface area (Å²) >= 11 is 0. The zero-order valence-electron chi connectivity index (χ0n) is 20.8. The largest absolute Gasteiger partial charge is 0.494 e. The Hall–Kier alpha value is -3.58. The van der Waals surface area contributed by atoms with Crippen LogP contribution in [0.1, 0.15) is 43.7 Å². The van der Waals surface area contributed by atoms with Crippen LogP contribution >= 0.6 is 0 Å². The second-order valence-electron chi connectivity index (χ2n) is 7.94. The third kappa shape index (κ3) is 13.7. The van der Waals surface area contributed by atoms with Crippen LogP contribution in [-0.4, -0.2) is 39.2 Å². The van der Waals surface area contributed by atoms with E-state index >= 15 is 0 Å². The molecule has 0 spiro atoms. The molecule has 35 heavy (non-hydrogen) atoms. The minimum atomic E-state index is -0.320. The number of ether oxygens (including phenoxy) is 3. The summed E-state index contributed by atoms with van der Waals surface area (Å²) in [7, 11) is 1.67. The van der Waals surface area contributed by atoms with Crippen molar-refractivity contribution in [2.75, 3.05) is 38.4 Å². The van der Waals surface area contributed by atoms with Gasteiger partial charge in [0.05, 0.1) is 19.8 Å². The lowest BCUT2D eigenvalue weighted by atomic mass is 10.1. The van der Waals surface area contributed by atoms with Gasteiger partial charge in [-0.15, -0.1) is 0 Å². The molecule has 0 saturated carbocycles. The molecule has 0 radical (unpaired) electrons. The van der Waals surface area contributed by atoms with Gasteiger partial charge < -0.3 is 25.7 Å². The molecule has 0 saturated heterocycles. The Morgan fingerprint density at radius 3 is 2.26 bits per heavy atom. The summed E-state index contributed by atoms with van der Waals surface area (Å²) in [6, 6.07) is 13.1. The highest BCUT2D eigenvalue weighted by Crippen LogP contribution is 2.16. The summed E-state index contributed by atoms with van der Waals surface area (Å²) in [5.41, 5.74) is 15.2. The summed E-state index contributed by atoms with van der Waals surface area (Å²) in [6.07, 6.45) is 8.65. The lowest BCUT2D eigenvalue weighted by Gasteiger charge is -2.07. The first kappa shape index (κ1) is 29.5. The summed E-state index contributed by atoms with van der Waals surface area (Å²) < 4.78 is 15.6. The SMILES string of the molecule is C=C(C)C(=O)OCCCCCCOc1ccc(/C=C/C=O)cc1.COCCc1ccc(N)cc1N. The molecule has 2 rings (SSSR count). The van der Waals surface area contributed by atoms with Gasteiger partial charge in [-0.3, -0.25) is 4.79 Å². The molecule has 0 aromatic heterocycles.